The number of fused-ring (bicyclic) bond motifs is 1. The molecule has 1 aromatic carbocycles. The van der Waals surface area contributed by atoms with Gasteiger partial charge in [0.2, 0.25) is 0 Å². The van der Waals surface area contributed by atoms with E-state index in [1.165, 1.54) is 0 Å². The number of ether oxygens (including phenoxy) is 2. The van der Waals surface area contributed by atoms with Crippen molar-refractivity contribution in [1.29, 1.82) is 0 Å². The van der Waals surface area contributed by atoms with Crippen LogP contribution in [0.4, 0.5) is 10.5 Å². The third-order valence-corrected chi connectivity index (χ3v) is 5.72. The first-order chi connectivity index (χ1) is 13.2. The predicted octanol–water partition coefficient (Wildman–Crippen LogP) is 2.07. The van der Waals surface area contributed by atoms with Crippen LogP contribution in [0.1, 0.15) is 20.3 Å². The van der Waals surface area contributed by atoms with E-state index in [1.54, 1.807) is 0 Å². The van der Waals surface area contributed by atoms with Crippen LogP contribution in [-0.4, -0.2) is 85.9 Å². The van der Waals surface area contributed by atoms with Crippen LogP contribution in [0.5, 0.6) is 11.5 Å². The SMILES string of the molecule is CCCN1CC(N2CCN(c3cccc4c3OCCO4)CC2)N(CC)C1=O. The summed E-state index contributed by atoms with van der Waals surface area (Å²) in [7, 11) is 0. The van der Waals surface area contributed by atoms with Crippen LogP contribution in [0.15, 0.2) is 18.2 Å². The van der Waals surface area contributed by atoms with Crippen molar-refractivity contribution in [3.63, 3.8) is 0 Å². The highest BCUT2D eigenvalue weighted by Crippen LogP contribution is 2.39. The third kappa shape index (κ3) is 3.40. The van der Waals surface area contributed by atoms with E-state index < -0.39 is 0 Å². The Morgan fingerprint density at radius 3 is 2.59 bits per heavy atom. The molecular formula is C20H30N4O3. The summed E-state index contributed by atoms with van der Waals surface area (Å²) in [6, 6.07) is 6.31. The number of carbonyl (C=O) groups excluding carboxylic acids is 1. The molecule has 4 rings (SSSR count). The number of hydrogen-bond acceptors (Lipinski definition) is 5. The van der Waals surface area contributed by atoms with Crippen LogP contribution >= 0.6 is 0 Å². The molecule has 1 unspecified atom stereocenters. The summed E-state index contributed by atoms with van der Waals surface area (Å²) in [4.78, 5) is 21.5. The molecule has 0 N–H and O–H groups in total. The minimum atomic E-state index is 0.189. The number of likely N-dealkylation sites (N-methyl/N-ethyl adjacent to an activating group) is 1. The number of rotatable bonds is 5. The Balaban J connectivity index is 1.43. The second-order valence-electron chi connectivity index (χ2n) is 7.32. The number of para-hydroxylation sites is 1. The maximum atomic E-state index is 12.6. The van der Waals surface area contributed by atoms with E-state index in [1.807, 2.05) is 21.9 Å². The van der Waals surface area contributed by atoms with Crippen molar-refractivity contribution < 1.29 is 14.3 Å². The first-order valence-electron chi connectivity index (χ1n) is 10.2. The molecule has 0 aromatic heterocycles. The zero-order valence-electron chi connectivity index (χ0n) is 16.4. The first-order valence-corrected chi connectivity index (χ1v) is 10.2. The van der Waals surface area contributed by atoms with Crippen molar-refractivity contribution in [2.45, 2.75) is 26.4 Å². The van der Waals surface area contributed by atoms with E-state index in [0.29, 0.717) is 13.2 Å². The van der Waals surface area contributed by atoms with Crippen LogP contribution < -0.4 is 14.4 Å². The fourth-order valence-electron chi connectivity index (χ4n) is 4.37. The van der Waals surface area contributed by atoms with Gasteiger partial charge in [0.25, 0.3) is 0 Å². The molecule has 3 aliphatic heterocycles. The Bertz CT molecular complexity index is 675. The molecule has 1 aromatic rings. The Morgan fingerprint density at radius 2 is 1.85 bits per heavy atom. The molecule has 0 spiro atoms. The van der Waals surface area contributed by atoms with Gasteiger partial charge in [0.05, 0.1) is 12.2 Å². The average Bonchev–Trinajstić information content (AvgIpc) is 3.03. The second kappa shape index (κ2) is 7.84. The lowest BCUT2D eigenvalue weighted by Gasteiger charge is -2.41. The normalized spacial score (nSPS) is 23.3. The highest BCUT2D eigenvalue weighted by Gasteiger charge is 2.40. The van der Waals surface area contributed by atoms with Gasteiger partial charge in [-0.25, -0.2) is 4.79 Å². The summed E-state index contributed by atoms with van der Waals surface area (Å²) in [6.07, 6.45) is 1.20. The lowest BCUT2D eigenvalue weighted by atomic mass is 10.2. The minimum Gasteiger partial charge on any atom is -0.486 e. The number of anilines is 1. The van der Waals surface area contributed by atoms with Crippen LogP contribution in [0, 0.1) is 0 Å². The minimum absolute atomic E-state index is 0.189. The van der Waals surface area contributed by atoms with Crippen LogP contribution in [0.3, 0.4) is 0 Å². The second-order valence-corrected chi connectivity index (χ2v) is 7.32. The van der Waals surface area contributed by atoms with Gasteiger partial charge in [-0.15, -0.1) is 0 Å². The number of amides is 2. The summed E-state index contributed by atoms with van der Waals surface area (Å²) in [6.45, 7) is 11.6. The number of carbonyl (C=O) groups is 1. The molecule has 0 radical (unpaired) electrons. The quantitative estimate of drug-likeness (QED) is 0.790. The smallest absolute Gasteiger partial charge is 0.321 e. The van der Waals surface area contributed by atoms with Gasteiger partial charge < -0.3 is 24.2 Å². The topological polar surface area (TPSA) is 48.5 Å². The summed E-state index contributed by atoms with van der Waals surface area (Å²) in [5.41, 5.74) is 1.12. The van der Waals surface area contributed by atoms with Crippen molar-refractivity contribution >= 4 is 11.7 Å². The van der Waals surface area contributed by atoms with Crippen molar-refractivity contribution in [3.05, 3.63) is 18.2 Å². The van der Waals surface area contributed by atoms with Gasteiger partial charge in [-0.05, 0) is 25.5 Å². The number of piperazine rings is 1. The van der Waals surface area contributed by atoms with Gasteiger partial charge in [-0.1, -0.05) is 13.0 Å². The van der Waals surface area contributed by atoms with Crippen molar-refractivity contribution in [1.82, 2.24) is 14.7 Å². The van der Waals surface area contributed by atoms with E-state index >= 15 is 0 Å². The molecule has 7 heteroatoms. The molecule has 0 bridgehead atoms. The average molecular weight is 374 g/mol. The van der Waals surface area contributed by atoms with E-state index in [2.05, 4.69) is 29.7 Å². The van der Waals surface area contributed by atoms with Gasteiger partial charge in [0.1, 0.15) is 19.4 Å². The summed E-state index contributed by atoms with van der Waals surface area (Å²) in [5.74, 6) is 1.72. The monoisotopic (exact) mass is 374 g/mol. The van der Waals surface area contributed by atoms with E-state index in [-0.39, 0.29) is 12.2 Å². The van der Waals surface area contributed by atoms with Crippen molar-refractivity contribution in [2.24, 2.45) is 0 Å². The molecule has 0 aliphatic carbocycles. The summed E-state index contributed by atoms with van der Waals surface area (Å²) < 4.78 is 11.6. The Kier molecular flexibility index (Phi) is 5.29. The van der Waals surface area contributed by atoms with Gasteiger partial charge in [-0.2, -0.15) is 0 Å². The third-order valence-electron chi connectivity index (χ3n) is 5.72. The highest BCUT2D eigenvalue weighted by atomic mass is 16.6. The molecule has 3 heterocycles. The standard InChI is InChI=1S/C20H30N4O3/c1-3-8-23-15-18(24(4-2)20(23)25)22-11-9-21(10-12-22)16-6-5-7-17-19(16)27-14-13-26-17/h5-7,18H,3-4,8-15H2,1-2H3. The Morgan fingerprint density at radius 1 is 1.07 bits per heavy atom. The first kappa shape index (κ1) is 18.2. The fraction of sp³-hybridized carbons (Fsp3) is 0.650. The lowest BCUT2D eigenvalue weighted by molar-refractivity contribution is 0.0933. The Labute approximate surface area is 161 Å². The van der Waals surface area contributed by atoms with Crippen molar-refractivity contribution in [3.8, 4) is 11.5 Å². The molecule has 2 amide bonds. The van der Waals surface area contributed by atoms with Crippen molar-refractivity contribution in [2.75, 3.05) is 63.9 Å². The molecule has 7 nitrogen and oxygen atoms in total. The maximum absolute atomic E-state index is 12.6. The lowest BCUT2D eigenvalue weighted by Crippen LogP contribution is -2.55. The van der Waals surface area contributed by atoms with Crippen LogP contribution in [0.2, 0.25) is 0 Å². The fourth-order valence-corrected chi connectivity index (χ4v) is 4.37. The number of nitrogens with zero attached hydrogens (tertiary/aromatic N) is 4. The zero-order valence-corrected chi connectivity index (χ0v) is 16.4. The number of hydrogen-bond donors (Lipinski definition) is 0. The van der Waals surface area contributed by atoms with Crippen LogP contribution in [0.25, 0.3) is 0 Å². The molecule has 148 valence electrons. The molecule has 3 aliphatic rings. The van der Waals surface area contributed by atoms with E-state index in [4.69, 9.17) is 9.47 Å². The molecule has 2 fully saturated rings. The maximum Gasteiger partial charge on any atom is 0.321 e. The predicted molar refractivity (Wildman–Crippen MR) is 105 cm³/mol. The molecule has 0 saturated carbocycles. The molecular weight excluding hydrogens is 344 g/mol. The van der Waals surface area contributed by atoms with Crippen LogP contribution in [-0.2, 0) is 0 Å². The molecule has 2 saturated heterocycles. The van der Waals surface area contributed by atoms with Gasteiger partial charge in [0.15, 0.2) is 11.5 Å². The molecule has 1 atom stereocenters. The van der Waals surface area contributed by atoms with E-state index in [0.717, 1.165) is 69.4 Å². The number of urea groups is 1. The largest absolute Gasteiger partial charge is 0.486 e. The van der Waals surface area contributed by atoms with Gasteiger partial charge in [0, 0.05) is 39.3 Å². The Hall–Kier alpha value is -2.15. The summed E-state index contributed by atoms with van der Waals surface area (Å²) >= 11 is 0. The van der Waals surface area contributed by atoms with Gasteiger partial charge >= 0.3 is 6.03 Å². The zero-order chi connectivity index (χ0) is 18.8. The summed E-state index contributed by atoms with van der Waals surface area (Å²) in [5, 5.41) is 0. The number of benzene rings is 1. The van der Waals surface area contributed by atoms with E-state index in [9.17, 15) is 4.79 Å². The van der Waals surface area contributed by atoms with Gasteiger partial charge in [-0.3, -0.25) is 4.90 Å². The molecule has 27 heavy (non-hydrogen) atoms. The highest BCUT2D eigenvalue weighted by molar-refractivity contribution is 5.77.